The Morgan fingerprint density at radius 1 is 1.50 bits per heavy atom. The molecule has 0 amide bonds. The molecule has 0 aromatic rings. The second-order valence-electron chi connectivity index (χ2n) is 2.47. The van der Waals surface area contributed by atoms with E-state index in [9.17, 15) is 4.79 Å². The first-order valence-electron chi connectivity index (χ1n) is 3.44. The summed E-state index contributed by atoms with van der Waals surface area (Å²) in [6.45, 7) is 0. The van der Waals surface area contributed by atoms with E-state index in [4.69, 9.17) is 5.11 Å². The molecule has 0 unspecified atom stereocenters. The highest BCUT2D eigenvalue weighted by Gasteiger charge is 2.15. The average molecular weight is 145 g/mol. The van der Waals surface area contributed by atoms with Gasteiger partial charge in [-0.3, -0.25) is 0 Å². The van der Waals surface area contributed by atoms with Crippen molar-refractivity contribution in [3.8, 4) is 0 Å². The molecule has 0 aliphatic heterocycles. The van der Waals surface area contributed by atoms with Gasteiger partial charge in [0.25, 0.3) is 0 Å². The third-order valence-electron chi connectivity index (χ3n) is 1.67. The molecule has 1 rings (SSSR count). The van der Waals surface area contributed by atoms with E-state index in [0.29, 0.717) is 0 Å². The Bertz CT molecular complexity index is 120. The maximum absolute atomic E-state index is 9.87. The van der Waals surface area contributed by atoms with Crippen LogP contribution < -0.4 is 5.48 Å². The number of carbonyl (C=O) groups is 1. The van der Waals surface area contributed by atoms with Gasteiger partial charge in [0.2, 0.25) is 0 Å². The highest BCUT2D eigenvalue weighted by molar-refractivity contribution is 5.56. The zero-order valence-electron chi connectivity index (χ0n) is 5.67. The number of rotatable bonds is 2. The highest BCUT2D eigenvalue weighted by atomic mass is 16.8. The third-order valence-corrected chi connectivity index (χ3v) is 1.67. The SMILES string of the molecule is O=C(O)ONC1CCCC1. The van der Waals surface area contributed by atoms with Crippen LogP contribution in [0.3, 0.4) is 0 Å². The Hall–Kier alpha value is -0.770. The number of hydrogen-bond acceptors (Lipinski definition) is 3. The lowest BCUT2D eigenvalue weighted by Gasteiger charge is -2.07. The monoisotopic (exact) mass is 145 g/mol. The molecule has 1 saturated carbocycles. The van der Waals surface area contributed by atoms with Crippen LogP contribution in [-0.2, 0) is 4.84 Å². The first-order valence-corrected chi connectivity index (χ1v) is 3.44. The lowest BCUT2D eigenvalue weighted by atomic mass is 10.3. The summed E-state index contributed by atoms with van der Waals surface area (Å²) in [4.78, 5) is 14.1. The number of hydroxylamine groups is 1. The van der Waals surface area contributed by atoms with Crippen molar-refractivity contribution in [2.75, 3.05) is 0 Å². The fraction of sp³-hybridized carbons (Fsp3) is 0.833. The maximum Gasteiger partial charge on any atom is 0.525 e. The van der Waals surface area contributed by atoms with Crippen LogP contribution in [0, 0.1) is 0 Å². The average Bonchev–Trinajstić information content (AvgIpc) is 2.34. The predicted octanol–water partition coefficient (Wildman–Crippen LogP) is 1.13. The van der Waals surface area contributed by atoms with Crippen LogP contribution in [0.2, 0.25) is 0 Å². The van der Waals surface area contributed by atoms with Crippen molar-refractivity contribution in [2.24, 2.45) is 0 Å². The summed E-state index contributed by atoms with van der Waals surface area (Å²) in [6, 6.07) is 0.246. The second kappa shape index (κ2) is 3.41. The molecule has 1 aliphatic rings. The molecule has 0 aromatic heterocycles. The smallest absolute Gasteiger partial charge is 0.448 e. The third kappa shape index (κ3) is 2.23. The fourth-order valence-electron chi connectivity index (χ4n) is 1.18. The number of nitrogens with one attached hydrogen (secondary N) is 1. The Labute approximate surface area is 59.1 Å². The van der Waals surface area contributed by atoms with Crippen molar-refractivity contribution < 1.29 is 14.7 Å². The minimum atomic E-state index is -1.26. The topological polar surface area (TPSA) is 58.6 Å². The minimum Gasteiger partial charge on any atom is -0.448 e. The van der Waals surface area contributed by atoms with Gasteiger partial charge in [-0.05, 0) is 12.8 Å². The van der Waals surface area contributed by atoms with E-state index in [1.807, 2.05) is 0 Å². The predicted molar refractivity (Wildman–Crippen MR) is 34.5 cm³/mol. The van der Waals surface area contributed by atoms with Crippen LogP contribution in [0.25, 0.3) is 0 Å². The zero-order valence-corrected chi connectivity index (χ0v) is 5.67. The number of hydrogen-bond donors (Lipinski definition) is 2. The summed E-state index contributed by atoms with van der Waals surface area (Å²) in [5.74, 6) is 0. The molecule has 2 N–H and O–H groups in total. The van der Waals surface area contributed by atoms with Crippen molar-refractivity contribution in [1.82, 2.24) is 5.48 Å². The zero-order chi connectivity index (χ0) is 7.40. The molecule has 0 atom stereocenters. The van der Waals surface area contributed by atoms with Gasteiger partial charge in [0.15, 0.2) is 0 Å². The van der Waals surface area contributed by atoms with Crippen molar-refractivity contribution >= 4 is 6.16 Å². The number of carboxylic acid groups (broad SMARTS) is 1. The van der Waals surface area contributed by atoms with E-state index in [-0.39, 0.29) is 6.04 Å². The largest absolute Gasteiger partial charge is 0.525 e. The van der Waals surface area contributed by atoms with Crippen LogP contribution in [0.1, 0.15) is 25.7 Å². The Morgan fingerprint density at radius 2 is 2.10 bits per heavy atom. The normalized spacial score (nSPS) is 19.2. The van der Waals surface area contributed by atoms with Crippen LogP contribution in [0.4, 0.5) is 4.79 Å². The first-order chi connectivity index (χ1) is 4.79. The summed E-state index contributed by atoms with van der Waals surface area (Å²) >= 11 is 0. The molecule has 0 saturated heterocycles. The van der Waals surface area contributed by atoms with Gasteiger partial charge in [-0.2, -0.15) is 0 Å². The van der Waals surface area contributed by atoms with Crippen molar-refractivity contribution in [3.05, 3.63) is 0 Å². The summed E-state index contributed by atoms with van der Waals surface area (Å²) in [7, 11) is 0. The molecule has 1 aliphatic carbocycles. The summed E-state index contributed by atoms with van der Waals surface area (Å²) < 4.78 is 0. The fourth-order valence-corrected chi connectivity index (χ4v) is 1.18. The van der Waals surface area contributed by atoms with E-state index in [2.05, 4.69) is 10.3 Å². The summed E-state index contributed by atoms with van der Waals surface area (Å²) in [6.07, 6.45) is 3.12. The standard InChI is InChI=1S/C6H11NO3/c8-6(9)10-7-5-3-1-2-4-5/h5,7H,1-4H2,(H,8,9). The van der Waals surface area contributed by atoms with Gasteiger partial charge in [0, 0.05) is 6.04 Å². The molecule has 0 aromatic carbocycles. The minimum absolute atomic E-state index is 0.246. The van der Waals surface area contributed by atoms with Crippen LogP contribution in [-0.4, -0.2) is 17.3 Å². The van der Waals surface area contributed by atoms with Crippen LogP contribution in [0.15, 0.2) is 0 Å². The van der Waals surface area contributed by atoms with Crippen LogP contribution in [0.5, 0.6) is 0 Å². The molecular weight excluding hydrogens is 134 g/mol. The lowest BCUT2D eigenvalue weighted by Crippen LogP contribution is -2.28. The van der Waals surface area contributed by atoms with Gasteiger partial charge in [-0.1, -0.05) is 12.8 Å². The van der Waals surface area contributed by atoms with Gasteiger partial charge >= 0.3 is 6.16 Å². The van der Waals surface area contributed by atoms with Crippen molar-refractivity contribution in [1.29, 1.82) is 0 Å². The maximum atomic E-state index is 9.87. The van der Waals surface area contributed by atoms with E-state index in [1.54, 1.807) is 0 Å². The van der Waals surface area contributed by atoms with E-state index < -0.39 is 6.16 Å². The Morgan fingerprint density at radius 3 is 2.60 bits per heavy atom. The first kappa shape index (κ1) is 7.34. The molecule has 4 heteroatoms. The van der Waals surface area contributed by atoms with E-state index in [0.717, 1.165) is 12.8 Å². The van der Waals surface area contributed by atoms with Gasteiger partial charge in [0.1, 0.15) is 0 Å². The quantitative estimate of drug-likeness (QED) is 0.572. The van der Waals surface area contributed by atoms with Gasteiger partial charge in [0.05, 0.1) is 0 Å². The molecule has 4 nitrogen and oxygen atoms in total. The van der Waals surface area contributed by atoms with E-state index >= 15 is 0 Å². The highest BCUT2D eigenvalue weighted by Crippen LogP contribution is 2.17. The molecule has 10 heavy (non-hydrogen) atoms. The van der Waals surface area contributed by atoms with Gasteiger partial charge < -0.3 is 9.94 Å². The molecule has 1 fully saturated rings. The molecule has 0 bridgehead atoms. The van der Waals surface area contributed by atoms with Crippen molar-refractivity contribution in [2.45, 2.75) is 31.7 Å². The molecule has 58 valence electrons. The Kier molecular flexibility index (Phi) is 2.50. The molecule has 0 heterocycles. The summed E-state index contributed by atoms with van der Waals surface area (Å²) in [5, 5.41) is 8.09. The van der Waals surface area contributed by atoms with Gasteiger partial charge in [-0.25, -0.2) is 4.79 Å². The van der Waals surface area contributed by atoms with E-state index in [1.165, 1.54) is 12.8 Å². The molecule has 0 radical (unpaired) electrons. The summed E-state index contributed by atoms with van der Waals surface area (Å²) in [5.41, 5.74) is 2.48. The van der Waals surface area contributed by atoms with Gasteiger partial charge in [-0.15, -0.1) is 5.48 Å². The van der Waals surface area contributed by atoms with Crippen molar-refractivity contribution in [3.63, 3.8) is 0 Å². The van der Waals surface area contributed by atoms with Crippen LogP contribution >= 0.6 is 0 Å². The molecule has 0 spiro atoms. The molecular formula is C6H11NO3. The lowest BCUT2D eigenvalue weighted by molar-refractivity contribution is 0.0287. The Balaban J connectivity index is 2.07. The second-order valence-corrected chi connectivity index (χ2v) is 2.47.